The van der Waals surface area contributed by atoms with E-state index in [4.69, 9.17) is 8.83 Å². The fourth-order valence-electron chi connectivity index (χ4n) is 2.74. The van der Waals surface area contributed by atoms with Crippen molar-refractivity contribution < 1.29 is 13.6 Å². The molecule has 4 aromatic rings. The van der Waals surface area contributed by atoms with Gasteiger partial charge in [-0.15, -0.1) is 0 Å². The Labute approximate surface area is 138 Å². The van der Waals surface area contributed by atoms with E-state index in [1.807, 2.05) is 50.2 Å². The predicted molar refractivity (Wildman–Crippen MR) is 92.0 cm³/mol. The molecular weight excluding hydrogens is 302 g/mol. The second-order valence-corrected chi connectivity index (χ2v) is 5.84. The molecule has 4 heteroatoms. The fraction of sp³-hybridized carbons (Fsp3) is 0.100. The van der Waals surface area contributed by atoms with Crippen LogP contribution in [0.25, 0.3) is 33.9 Å². The SMILES string of the molecule is Cc1ccc2nc(-c3ccc(C)c(-c4ccc(C=O)o4)c3)oc2c1. The number of fused-ring (bicyclic) bond motifs is 1. The van der Waals surface area contributed by atoms with Crippen LogP contribution in [0, 0.1) is 13.8 Å². The average Bonchev–Trinajstić information content (AvgIpc) is 3.21. The van der Waals surface area contributed by atoms with Crippen LogP contribution in [0.5, 0.6) is 0 Å². The van der Waals surface area contributed by atoms with E-state index in [1.54, 1.807) is 12.1 Å². The van der Waals surface area contributed by atoms with Crippen molar-refractivity contribution in [1.29, 1.82) is 0 Å². The molecule has 118 valence electrons. The molecule has 0 saturated carbocycles. The largest absolute Gasteiger partial charge is 0.453 e. The number of aromatic nitrogens is 1. The fourth-order valence-corrected chi connectivity index (χ4v) is 2.74. The third kappa shape index (κ3) is 2.42. The van der Waals surface area contributed by atoms with Gasteiger partial charge in [0.25, 0.3) is 0 Å². The summed E-state index contributed by atoms with van der Waals surface area (Å²) in [6.07, 6.45) is 0.700. The first kappa shape index (κ1) is 14.5. The van der Waals surface area contributed by atoms with E-state index in [0.717, 1.165) is 33.4 Å². The molecule has 2 aromatic carbocycles. The van der Waals surface area contributed by atoms with Crippen LogP contribution in [-0.2, 0) is 0 Å². The number of aryl methyl sites for hydroxylation is 2. The standard InChI is InChI=1S/C20H15NO3/c1-12-3-7-17-19(9-12)24-20(21-17)14-5-4-13(2)16(10-14)18-8-6-15(11-22)23-18/h3-11H,1-2H3. The van der Waals surface area contributed by atoms with E-state index in [2.05, 4.69) is 4.98 Å². The molecule has 0 spiro atoms. The highest BCUT2D eigenvalue weighted by Gasteiger charge is 2.13. The summed E-state index contributed by atoms with van der Waals surface area (Å²) in [7, 11) is 0. The third-order valence-electron chi connectivity index (χ3n) is 4.04. The van der Waals surface area contributed by atoms with Gasteiger partial charge in [-0.3, -0.25) is 4.79 Å². The predicted octanol–water partition coefficient (Wildman–Crippen LogP) is 5.18. The highest BCUT2D eigenvalue weighted by Crippen LogP contribution is 2.31. The first-order chi connectivity index (χ1) is 11.6. The maximum atomic E-state index is 10.8. The molecule has 0 amide bonds. The van der Waals surface area contributed by atoms with Crippen molar-refractivity contribution in [2.75, 3.05) is 0 Å². The van der Waals surface area contributed by atoms with Gasteiger partial charge in [0, 0.05) is 11.1 Å². The summed E-state index contributed by atoms with van der Waals surface area (Å²) >= 11 is 0. The lowest BCUT2D eigenvalue weighted by atomic mass is 10.0. The molecule has 0 unspecified atom stereocenters. The van der Waals surface area contributed by atoms with Crippen LogP contribution in [0.4, 0.5) is 0 Å². The van der Waals surface area contributed by atoms with Gasteiger partial charge in [-0.25, -0.2) is 4.98 Å². The highest BCUT2D eigenvalue weighted by molar-refractivity contribution is 5.79. The summed E-state index contributed by atoms with van der Waals surface area (Å²) in [5.74, 6) is 1.54. The van der Waals surface area contributed by atoms with Gasteiger partial charge >= 0.3 is 0 Å². The monoisotopic (exact) mass is 317 g/mol. The van der Waals surface area contributed by atoms with E-state index < -0.39 is 0 Å². The number of carbonyl (C=O) groups excluding carboxylic acids is 1. The van der Waals surface area contributed by atoms with Gasteiger partial charge in [-0.2, -0.15) is 0 Å². The van der Waals surface area contributed by atoms with Crippen LogP contribution in [0.1, 0.15) is 21.7 Å². The molecule has 0 aliphatic rings. The number of benzene rings is 2. The number of aldehydes is 1. The molecule has 0 radical (unpaired) electrons. The van der Waals surface area contributed by atoms with Gasteiger partial charge in [-0.05, 0) is 61.4 Å². The lowest BCUT2D eigenvalue weighted by Gasteiger charge is -2.04. The zero-order valence-electron chi connectivity index (χ0n) is 13.4. The van der Waals surface area contributed by atoms with Crippen molar-refractivity contribution in [1.82, 2.24) is 4.98 Å². The number of furan rings is 1. The Morgan fingerprint density at radius 1 is 0.958 bits per heavy atom. The van der Waals surface area contributed by atoms with Crippen molar-refractivity contribution >= 4 is 17.4 Å². The lowest BCUT2D eigenvalue weighted by molar-refractivity contribution is 0.110. The minimum atomic E-state index is 0.312. The lowest BCUT2D eigenvalue weighted by Crippen LogP contribution is -1.84. The quantitative estimate of drug-likeness (QED) is 0.488. The second kappa shape index (κ2) is 5.49. The zero-order chi connectivity index (χ0) is 16.7. The van der Waals surface area contributed by atoms with Gasteiger partial charge in [0.2, 0.25) is 5.89 Å². The number of carbonyl (C=O) groups is 1. The summed E-state index contributed by atoms with van der Waals surface area (Å²) in [6.45, 7) is 4.02. The van der Waals surface area contributed by atoms with Gasteiger partial charge in [0.15, 0.2) is 17.6 Å². The summed E-state index contributed by atoms with van der Waals surface area (Å²) in [6, 6.07) is 15.3. The highest BCUT2D eigenvalue weighted by atomic mass is 16.4. The molecular formula is C20H15NO3. The molecule has 0 fully saturated rings. The first-order valence-corrected chi connectivity index (χ1v) is 7.67. The minimum Gasteiger partial charge on any atom is -0.453 e. The summed E-state index contributed by atoms with van der Waals surface area (Å²) in [5, 5.41) is 0. The molecule has 0 atom stereocenters. The molecule has 0 N–H and O–H groups in total. The zero-order valence-corrected chi connectivity index (χ0v) is 13.4. The summed E-state index contributed by atoms with van der Waals surface area (Å²) < 4.78 is 11.4. The van der Waals surface area contributed by atoms with Crippen LogP contribution in [-0.4, -0.2) is 11.3 Å². The normalized spacial score (nSPS) is 11.1. The molecule has 2 aromatic heterocycles. The second-order valence-electron chi connectivity index (χ2n) is 5.84. The van der Waals surface area contributed by atoms with E-state index in [9.17, 15) is 4.79 Å². The van der Waals surface area contributed by atoms with Crippen LogP contribution < -0.4 is 0 Å². The minimum absolute atomic E-state index is 0.312. The van der Waals surface area contributed by atoms with Gasteiger partial charge in [0.05, 0.1) is 0 Å². The smallest absolute Gasteiger partial charge is 0.227 e. The topological polar surface area (TPSA) is 56.2 Å². The van der Waals surface area contributed by atoms with Crippen LogP contribution >= 0.6 is 0 Å². The van der Waals surface area contributed by atoms with Crippen molar-refractivity contribution in [3.05, 3.63) is 65.4 Å². The van der Waals surface area contributed by atoms with Crippen LogP contribution in [0.3, 0.4) is 0 Å². The Morgan fingerprint density at radius 3 is 2.62 bits per heavy atom. The number of rotatable bonds is 3. The first-order valence-electron chi connectivity index (χ1n) is 7.67. The van der Waals surface area contributed by atoms with E-state index >= 15 is 0 Å². The molecule has 4 nitrogen and oxygen atoms in total. The Hall–Kier alpha value is -3.14. The van der Waals surface area contributed by atoms with E-state index in [-0.39, 0.29) is 0 Å². The Bertz CT molecular complexity index is 1060. The molecule has 2 heterocycles. The number of hydrogen-bond acceptors (Lipinski definition) is 4. The Kier molecular flexibility index (Phi) is 3.31. The summed E-state index contributed by atoms with van der Waals surface area (Å²) in [4.78, 5) is 15.4. The third-order valence-corrected chi connectivity index (χ3v) is 4.04. The van der Waals surface area contributed by atoms with Crippen molar-refractivity contribution in [2.24, 2.45) is 0 Å². The Balaban J connectivity index is 1.83. The number of nitrogens with zero attached hydrogens (tertiary/aromatic N) is 1. The average molecular weight is 317 g/mol. The van der Waals surface area contributed by atoms with Gasteiger partial charge in [0.1, 0.15) is 11.3 Å². The van der Waals surface area contributed by atoms with Crippen molar-refractivity contribution in [3.63, 3.8) is 0 Å². The maximum absolute atomic E-state index is 10.8. The number of oxazole rings is 1. The van der Waals surface area contributed by atoms with E-state index in [0.29, 0.717) is 23.7 Å². The van der Waals surface area contributed by atoms with E-state index in [1.165, 1.54) is 0 Å². The Morgan fingerprint density at radius 2 is 1.83 bits per heavy atom. The van der Waals surface area contributed by atoms with Crippen LogP contribution in [0.15, 0.2) is 57.4 Å². The van der Waals surface area contributed by atoms with Crippen LogP contribution in [0.2, 0.25) is 0 Å². The van der Waals surface area contributed by atoms with Gasteiger partial charge < -0.3 is 8.83 Å². The van der Waals surface area contributed by atoms with Crippen molar-refractivity contribution in [2.45, 2.75) is 13.8 Å². The van der Waals surface area contributed by atoms with Crippen molar-refractivity contribution in [3.8, 4) is 22.8 Å². The molecule has 24 heavy (non-hydrogen) atoms. The number of hydrogen-bond donors (Lipinski definition) is 0. The molecule has 0 bridgehead atoms. The molecule has 4 rings (SSSR count). The maximum Gasteiger partial charge on any atom is 0.227 e. The molecule has 0 aliphatic carbocycles. The molecule has 0 saturated heterocycles. The molecule has 0 aliphatic heterocycles. The summed E-state index contributed by atoms with van der Waals surface area (Å²) in [5.41, 5.74) is 5.57. The van der Waals surface area contributed by atoms with Gasteiger partial charge in [-0.1, -0.05) is 12.1 Å².